The highest BCUT2D eigenvalue weighted by atomic mass is 16.5. The Balaban J connectivity index is 1.24. The van der Waals surface area contributed by atoms with Crippen LogP contribution in [0.3, 0.4) is 0 Å². The Hall–Kier alpha value is -1.06. The first-order valence-corrected chi connectivity index (χ1v) is 8.96. The molecule has 4 nitrogen and oxygen atoms in total. The van der Waals surface area contributed by atoms with Crippen molar-refractivity contribution in [3.05, 3.63) is 0 Å². The predicted octanol–water partition coefficient (Wildman–Crippen LogP) is 2.52. The highest BCUT2D eigenvalue weighted by molar-refractivity contribution is 5.82. The van der Waals surface area contributed by atoms with Gasteiger partial charge >= 0.3 is 5.97 Å². The number of amides is 1. The lowest BCUT2D eigenvalue weighted by atomic mass is 9.49. The second kappa shape index (κ2) is 5.24. The van der Waals surface area contributed by atoms with Gasteiger partial charge in [-0.25, -0.2) is 0 Å². The van der Waals surface area contributed by atoms with Gasteiger partial charge in [0, 0.05) is 6.54 Å². The molecule has 5 saturated carbocycles. The first-order valence-electron chi connectivity index (χ1n) is 8.96. The molecule has 0 aliphatic heterocycles. The summed E-state index contributed by atoms with van der Waals surface area (Å²) in [7, 11) is 0. The Morgan fingerprint density at radius 1 is 1.05 bits per heavy atom. The van der Waals surface area contributed by atoms with Gasteiger partial charge in [-0.05, 0) is 74.0 Å². The fourth-order valence-corrected chi connectivity index (χ4v) is 5.74. The van der Waals surface area contributed by atoms with Gasteiger partial charge in [-0.2, -0.15) is 0 Å². The molecule has 5 fully saturated rings. The molecule has 2 atom stereocenters. The molecule has 1 N–H and O–H groups in total. The highest BCUT2D eigenvalue weighted by Gasteiger charge is 2.50. The van der Waals surface area contributed by atoms with Gasteiger partial charge in [-0.15, -0.1) is 0 Å². The minimum absolute atomic E-state index is 0.0379. The summed E-state index contributed by atoms with van der Waals surface area (Å²) in [5, 5.41) is 3.05. The van der Waals surface area contributed by atoms with E-state index in [2.05, 4.69) is 5.32 Å². The van der Waals surface area contributed by atoms with Gasteiger partial charge in [-0.1, -0.05) is 6.92 Å². The molecular formula is C18H27NO3. The topological polar surface area (TPSA) is 55.4 Å². The summed E-state index contributed by atoms with van der Waals surface area (Å²) in [6.07, 6.45) is 9.04. The fraction of sp³-hybridized carbons (Fsp3) is 0.889. The van der Waals surface area contributed by atoms with Crippen LogP contribution in [0.5, 0.6) is 0 Å². The molecule has 0 aromatic heterocycles. The van der Waals surface area contributed by atoms with Crippen molar-refractivity contribution in [2.24, 2.45) is 35.0 Å². The third-order valence-corrected chi connectivity index (χ3v) is 6.58. The number of hydrogen-bond donors (Lipinski definition) is 1. The molecule has 0 unspecified atom stereocenters. The number of esters is 1. The molecule has 0 spiro atoms. The van der Waals surface area contributed by atoms with Crippen molar-refractivity contribution < 1.29 is 14.3 Å². The maximum absolute atomic E-state index is 12.0. The largest absolute Gasteiger partial charge is 0.455 e. The molecule has 1 amide bonds. The summed E-state index contributed by atoms with van der Waals surface area (Å²) >= 11 is 0. The van der Waals surface area contributed by atoms with E-state index in [1.165, 1.54) is 38.5 Å². The van der Waals surface area contributed by atoms with Crippen LogP contribution in [0, 0.1) is 35.0 Å². The van der Waals surface area contributed by atoms with Gasteiger partial charge in [-0.3, -0.25) is 9.59 Å². The maximum Gasteiger partial charge on any atom is 0.309 e. The summed E-state index contributed by atoms with van der Waals surface area (Å²) in [6, 6.07) is 0. The molecule has 0 aromatic rings. The van der Waals surface area contributed by atoms with Crippen molar-refractivity contribution in [3.63, 3.8) is 0 Å². The van der Waals surface area contributed by atoms with Gasteiger partial charge in [0.25, 0.3) is 5.91 Å². The Bertz CT molecular complexity index is 451. The molecule has 0 heterocycles. The lowest BCUT2D eigenvalue weighted by Gasteiger charge is -2.56. The minimum Gasteiger partial charge on any atom is -0.455 e. The highest BCUT2D eigenvalue weighted by Crippen LogP contribution is 2.59. The van der Waals surface area contributed by atoms with Crippen LogP contribution in [0.25, 0.3) is 0 Å². The van der Waals surface area contributed by atoms with E-state index in [-0.39, 0.29) is 24.4 Å². The predicted molar refractivity (Wildman–Crippen MR) is 81.8 cm³/mol. The molecule has 5 aliphatic rings. The number of carbonyl (C=O) groups excluding carboxylic acids is 2. The first-order chi connectivity index (χ1) is 10.5. The number of carbonyl (C=O) groups is 2. The van der Waals surface area contributed by atoms with Crippen LogP contribution in [-0.2, 0) is 14.3 Å². The molecule has 0 aromatic carbocycles. The van der Waals surface area contributed by atoms with E-state index in [0.717, 1.165) is 30.7 Å². The third kappa shape index (κ3) is 2.77. The van der Waals surface area contributed by atoms with E-state index >= 15 is 0 Å². The molecule has 4 heteroatoms. The minimum atomic E-state index is -0.197. The van der Waals surface area contributed by atoms with Gasteiger partial charge in [0.15, 0.2) is 6.61 Å². The second-order valence-electron chi connectivity index (χ2n) is 8.62. The van der Waals surface area contributed by atoms with Crippen LogP contribution in [0.1, 0.15) is 51.9 Å². The van der Waals surface area contributed by atoms with Crippen LogP contribution < -0.4 is 5.32 Å². The summed E-state index contributed by atoms with van der Waals surface area (Å²) in [6.45, 7) is 2.72. The Labute approximate surface area is 132 Å². The average molecular weight is 305 g/mol. The molecule has 22 heavy (non-hydrogen) atoms. The maximum atomic E-state index is 12.0. The van der Waals surface area contributed by atoms with Crippen molar-refractivity contribution in [2.45, 2.75) is 51.9 Å². The van der Waals surface area contributed by atoms with Crippen molar-refractivity contribution >= 4 is 11.9 Å². The van der Waals surface area contributed by atoms with Gasteiger partial charge in [0.1, 0.15) is 0 Å². The van der Waals surface area contributed by atoms with Gasteiger partial charge < -0.3 is 10.1 Å². The molecule has 5 aliphatic carbocycles. The molecule has 122 valence electrons. The van der Waals surface area contributed by atoms with Crippen molar-refractivity contribution in [1.82, 2.24) is 5.32 Å². The van der Waals surface area contributed by atoms with Crippen molar-refractivity contribution in [1.29, 1.82) is 0 Å². The Kier molecular flexibility index (Phi) is 3.46. The van der Waals surface area contributed by atoms with Crippen LogP contribution in [-0.4, -0.2) is 25.0 Å². The smallest absolute Gasteiger partial charge is 0.309 e. The zero-order valence-corrected chi connectivity index (χ0v) is 13.5. The van der Waals surface area contributed by atoms with E-state index in [0.29, 0.717) is 11.3 Å². The summed E-state index contributed by atoms with van der Waals surface area (Å²) < 4.78 is 5.12. The van der Waals surface area contributed by atoms with E-state index in [1.807, 2.05) is 6.92 Å². The number of hydrogen-bond acceptors (Lipinski definition) is 3. The normalized spacial score (nSPS) is 44.7. The van der Waals surface area contributed by atoms with Crippen LogP contribution in [0.4, 0.5) is 0 Å². The summed E-state index contributed by atoms with van der Waals surface area (Å²) in [4.78, 5) is 23.6. The monoisotopic (exact) mass is 305 g/mol. The van der Waals surface area contributed by atoms with E-state index in [4.69, 9.17) is 4.74 Å². The molecule has 5 rings (SSSR count). The number of rotatable bonds is 5. The van der Waals surface area contributed by atoms with E-state index in [1.54, 1.807) is 0 Å². The lowest BCUT2D eigenvalue weighted by molar-refractivity contribution is -0.150. The van der Waals surface area contributed by atoms with E-state index < -0.39 is 0 Å². The number of nitrogens with one attached hydrogen (secondary N) is 1. The number of ether oxygens (including phenoxy) is 1. The summed E-state index contributed by atoms with van der Waals surface area (Å²) in [5.41, 5.74) is 0.347. The molecule has 0 radical (unpaired) electrons. The van der Waals surface area contributed by atoms with E-state index in [9.17, 15) is 9.59 Å². The van der Waals surface area contributed by atoms with Crippen molar-refractivity contribution in [3.8, 4) is 0 Å². The fourth-order valence-electron chi connectivity index (χ4n) is 5.74. The molecule has 0 saturated heterocycles. The lowest BCUT2D eigenvalue weighted by Crippen LogP contribution is -2.51. The zero-order valence-electron chi connectivity index (χ0n) is 13.5. The third-order valence-electron chi connectivity index (χ3n) is 6.58. The van der Waals surface area contributed by atoms with Crippen LogP contribution >= 0.6 is 0 Å². The standard InChI is InChI=1S/C18H27NO3/c1-11-2-15(11)17(21)22-9-16(20)19-10-18-6-12-3-13(7-18)5-14(4-12)8-18/h11-15H,2-10H2,1H3,(H,19,20)/t11-,12?,13?,14?,15+,18?/m0/s1. The van der Waals surface area contributed by atoms with Crippen LogP contribution in [0.2, 0.25) is 0 Å². The average Bonchev–Trinajstić information content (AvgIpc) is 3.18. The Morgan fingerprint density at radius 3 is 2.09 bits per heavy atom. The second-order valence-corrected chi connectivity index (χ2v) is 8.62. The van der Waals surface area contributed by atoms with Gasteiger partial charge in [0.05, 0.1) is 5.92 Å². The quantitative estimate of drug-likeness (QED) is 0.794. The molecular weight excluding hydrogens is 278 g/mol. The summed E-state index contributed by atoms with van der Waals surface area (Å²) in [5.74, 6) is 2.85. The van der Waals surface area contributed by atoms with Gasteiger partial charge in [0.2, 0.25) is 0 Å². The van der Waals surface area contributed by atoms with Crippen molar-refractivity contribution in [2.75, 3.05) is 13.2 Å². The Morgan fingerprint density at radius 2 is 1.59 bits per heavy atom. The first kappa shape index (κ1) is 14.5. The molecule has 4 bridgehead atoms. The SMILES string of the molecule is C[C@H]1C[C@H]1C(=O)OCC(=O)NCC12CC3CC(CC(C3)C1)C2. The zero-order chi connectivity index (χ0) is 15.3. The van der Waals surface area contributed by atoms with Crippen LogP contribution in [0.15, 0.2) is 0 Å².